The van der Waals surface area contributed by atoms with Gasteiger partial charge in [-0.05, 0) is 12.8 Å². The molecule has 0 radical (unpaired) electrons. The van der Waals surface area contributed by atoms with E-state index >= 15 is 0 Å². The second-order valence-electron chi connectivity index (χ2n) is 3.82. The Hall–Kier alpha value is -1.10. The molecule has 0 spiro atoms. The maximum Gasteiger partial charge on any atom is 0.307 e. The van der Waals surface area contributed by atoms with E-state index in [1.54, 1.807) is 0 Å². The van der Waals surface area contributed by atoms with Crippen molar-refractivity contribution in [1.82, 2.24) is 5.32 Å². The zero-order valence-electron chi connectivity index (χ0n) is 8.99. The van der Waals surface area contributed by atoms with Gasteiger partial charge in [-0.2, -0.15) is 0 Å². The van der Waals surface area contributed by atoms with Crippen molar-refractivity contribution < 1.29 is 14.3 Å². The maximum absolute atomic E-state index is 11.6. The third-order valence-electron chi connectivity index (χ3n) is 2.76. The number of nitrogens with one attached hydrogen (secondary N) is 1. The smallest absolute Gasteiger partial charge is 0.307 e. The Bertz CT molecular complexity index is 243. The van der Waals surface area contributed by atoms with Gasteiger partial charge in [0.05, 0.1) is 19.4 Å². The summed E-state index contributed by atoms with van der Waals surface area (Å²) >= 11 is 0. The molecule has 0 aromatic carbocycles. The van der Waals surface area contributed by atoms with Crippen molar-refractivity contribution in [1.29, 1.82) is 0 Å². The van der Waals surface area contributed by atoms with E-state index in [0.29, 0.717) is 6.54 Å². The van der Waals surface area contributed by atoms with Crippen molar-refractivity contribution in [3.05, 3.63) is 0 Å². The van der Waals surface area contributed by atoms with Gasteiger partial charge in [-0.3, -0.25) is 9.59 Å². The fourth-order valence-corrected chi connectivity index (χ4v) is 1.84. The Kier molecular flexibility index (Phi) is 4.55. The SMILES string of the molecule is COC(=O)CCNC(=O)C1CCCC1N. The molecule has 1 amide bonds. The Morgan fingerprint density at radius 3 is 2.73 bits per heavy atom. The number of carbonyl (C=O) groups excluding carboxylic acids is 2. The molecular weight excluding hydrogens is 196 g/mol. The molecule has 0 bridgehead atoms. The van der Waals surface area contributed by atoms with Crippen molar-refractivity contribution in [2.24, 2.45) is 11.7 Å². The van der Waals surface area contributed by atoms with Gasteiger partial charge in [0.2, 0.25) is 5.91 Å². The number of esters is 1. The summed E-state index contributed by atoms with van der Waals surface area (Å²) in [6.45, 7) is 0.328. The quantitative estimate of drug-likeness (QED) is 0.635. The van der Waals surface area contributed by atoms with Gasteiger partial charge in [-0.25, -0.2) is 0 Å². The summed E-state index contributed by atoms with van der Waals surface area (Å²) in [5, 5.41) is 2.70. The average molecular weight is 214 g/mol. The van der Waals surface area contributed by atoms with Crippen LogP contribution in [0.5, 0.6) is 0 Å². The van der Waals surface area contributed by atoms with Crippen molar-refractivity contribution in [2.45, 2.75) is 31.7 Å². The summed E-state index contributed by atoms with van der Waals surface area (Å²) in [5.41, 5.74) is 5.79. The fraction of sp³-hybridized carbons (Fsp3) is 0.800. The number of carbonyl (C=O) groups is 2. The zero-order chi connectivity index (χ0) is 11.3. The lowest BCUT2D eigenvalue weighted by molar-refractivity contribution is -0.140. The second-order valence-corrected chi connectivity index (χ2v) is 3.82. The predicted molar refractivity (Wildman–Crippen MR) is 55.0 cm³/mol. The molecule has 1 aliphatic carbocycles. The fourth-order valence-electron chi connectivity index (χ4n) is 1.84. The molecule has 1 saturated carbocycles. The van der Waals surface area contributed by atoms with Crippen LogP contribution in [0.15, 0.2) is 0 Å². The summed E-state index contributed by atoms with van der Waals surface area (Å²) in [4.78, 5) is 22.4. The van der Waals surface area contributed by atoms with Crippen LogP contribution in [0.25, 0.3) is 0 Å². The van der Waals surface area contributed by atoms with Crippen LogP contribution in [0.1, 0.15) is 25.7 Å². The largest absolute Gasteiger partial charge is 0.469 e. The predicted octanol–water partition coefficient (Wildman–Crippen LogP) is -0.207. The van der Waals surface area contributed by atoms with E-state index in [1.165, 1.54) is 7.11 Å². The number of ether oxygens (including phenoxy) is 1. The van der Waals surface area contributed by atoms with Gasteiger partial charge in [0.15, 0.2) is 0 Å². The molecular formula is C10H18N2O3. The lowest BCUT2D eigenvalue weighted by Gasteiger charge is -2.14. The van der Waals surface area contributed by atoms with Crippen LogP contribution in [0.2, 0.25) is 0 Å². The van der Waals surface area contributed by atoms with Crippen LogP contribution >= 0.6 is 0 Å². The standard InChI is InChI=1S/C10H18N2O3/c1-15-9(13)5-6-12-10(14)7-3-2-4-8(7)11/h7-8H,2-6,11H2,1H3,(H,12,14). The highest BCUT2D eigenvalue weighted by Crippen LogP contribution is 2.23. The van der Waals surface area contributed by atoms with Crippen molar-refractivity contribution >= 4 is 11.9 Å². The Morgan fingerprint density at radius 1 is 1.47 bits per heavy atom. The van der Waals surface area contributed by atoms with Crippen LogP contribution in [0.4, 0.5) is 0 Å². The highest BCUT2D eigenvalue weighted by atomic mass is 16.5. The van der Waals surface area contributed by atoms with E-state index in [9.17, 15) is 9.59 Å². The summed E-state index contributed by atoms with van der Waals surface area (Å²) in [6.07, 6.45) is 2.99. The lowest BCUT2D eigenvalue weighted by atomic mass is 10.0. The van der Waals surface area contributed by atoms with Gasteiger partial charge in [-0.1, -0.05) is 6.42 Å². The van der Waals surface area contributed by atoms with Gasteiger partial charge in [0, 0.05) is 12.6 Å². The molecule has 2 unspecified atom stereocenters. The topological polar surface area (TPSA) is 81.4 Å². The average Bonchev–Trinajstić information content (AvgIpc) is 2.64. The van der Waals surface area contributed by atoms with E-state index < -0.39 is 0 Å². The minimum atomic E-state index is -0.314. The van der Waals surface area contributed by atoms with Gasteiger partial charge < -0.3 is 15.8 Å². The molecule has 15 heavy (non-hydrogen) atoms. The van der Waals surface area contributed by atoms with Gasteiger partial charge in [-0.15, -0.1) is 0 Å². The molecule has 0 saturated heterocycles. The summed E-state index contributed by atoms with van der Waals surface area (Å²) in [7, 11) is 1.33. The first-order valence-electron chi connectivity index (χ1n) is 5.25. The highest BCUT2D eigenvalue weighted by Gasteiger charge is 2.29. The summed E-state index contributed by atoms with van der Waals surface area (Å²) < 4.78 is 4.46. The number of amides is 1. The maximum atomic E-state index is 11.6. The normalized spacial score (nSPS) is 24.9. The molecule has 0 aromatic heterocycles. The Balaban J connectivity index is 2.21. The molecule has 0 heterocycles. The molecule has 2 atom stereocenters. The van der Waals surface area contributed by atoms with Crippen LogP contribution in [0, 0.1) is 5.92 Å². The van der Waals surface area contributed by atoms with Crippen molar-refractivity contribution in [2.75, 3.05) is 13.7 Å². The minimum Gasteiger partial charge on any atom is -0.469 e. The van der Waals surface area contributed by atoms with Crippen LogP contribution in [0.3, 0.4) is 0 Å². The second kappa shape index (κ2) is 5.70. The highest BCUT2D eigenvalue weighted by molar-refractivity contribution is 5.80. The molecule has 1 aliphatic rings. The van der Waals surface area contributed by atoms with Gasteiger partial charge in [0.1, 0.15) is 0 Å². The van der Waals surface area contributed by atoms with E-state index in [2.05, 4.69) is 10.1 Å². The third kappa shape index (κ3) is 3.51. The molecule has 3 N–H and O–H groups in total. The van der Waals surface area contributed by atoms with Crippen molar-refractivity contribution in [3.8, 4) is 0 Å². The van der Waals surface area contributed by atoms with Crippen LogP contribution in [-0.4, -0.2) is 31.6 Å². The molecule has 86 valence electrons. The van der Waals surface area contributed by atoms with Gasteiger partial charge >= 0.3 is 5.97 Å². The molecule has 1 rings (SSSR count). The molecule has 0 aromatic rings. The van der Waals surface area contributed by atoms with Crippen LogP contribution < -0.4 is 11.1 Å². The number of nitrogens with two attached hydrogens (primary N) is 1. The molecule has 5 heteroatoms. The van der Waals surface area contributed by atoms with Crippen LogP contribution in [-0.2, 0) is 14.3 Å². The Morgan fingerprint density at radius 2 is 2.20 bits per heavy atom. The lowest BCUT2D eigenvalue weighted by Crippen LogP contribution is -2.39. The van der Waals surface area contributed by atoms with E-state index in [-0.39, 0.29) is 30.3 Å². The first kappa shape index (κ1) is 12.0. The first-order chi connectivity index (χ1) is 7.15. The van der Waals surface area contributed by atoms with E-state index in [4.69, 9.17) is 5.73 Å². The summed E-state index contributed by atoms with van der Waals surface area (Å²) in [6, 6.07) is -0.0249. The molecule has 1 fully saturated rings. The van der Waals surface area contributed by atoms with Gasteiger partial charge in [0.25, 0.3) is 0 Å². The minimum absolute atomic E-state index is 0.0249. The van der Waals surface area contributed by atoms with E-state index in [1.807, 2.05) is 0 Å². The van der Waals surface area contributed by atoms with E-state index in [0.717, 1.165) is 19.3 Å². The monoisotopic (exact) mass is 214 g/mol. The molecule has 0 aliphatic heterocycles. The zero-order valence-corrected chi connectivity index (χ0v) is 8.99. The first-order valence-corrected chi connectivity index (χ1v) is 5.25. The number of rotatable bonds is 4. The third-order valence-corrected chi connectivity index (χ3v) is 2.76. The number of hydrogen-bond acceptors (Lipinski definition) is 4. The number of hydrogen-bond donors (Lipinski definition) is 2. The molecule has 5 nitrogen and oxygen atoms in total. The Labute approximate surface area is 89.3 Å². The van der Waals surface area contributed by atoms with Crippen molar-refractivity contribution in [3.63, 3.8) is 0 Å². The number of methoxy groups -OCH3 is 1. The summed E-state index contributed by atoms with van der Waals surface area (Å²) in [5.74, 6) is -0.433.